The van der Waals surface area contributed by atoms with Crippen molar-refractivity contribution in [2.45, 2.75) is 18.9 Å². The molecule has 1 atom stereocenters. The van der Waals surface area contributed by atoms with Crippen LogP contribution in [0.5, 0.6) is 0 Å². The lowest BCUT2D eigenvalue weighted by Crippen LogP contribution is -2.40. The normalized spacial score (nSPS) is 26.8. The van der Waals surface area contributed by atoms with Crippen LogP contribution < -0.4 is 10.2 Å². The fraction of sp³-hybridized carbons (Fsp3) is 0.600. The fourth-order valence-electron chi connectivity index (χ4n) is 2.08. The molecule has 0 saturated heterocycles. The van der Waals surface area contributed by atoms with Gasteiger partial charge in [-0.25, -0.2) is 0 Å². The first-order chi connectivity index (χ1) is 6.34. The number of rotatable bonds is 1. The van der Waals surface area contributed by atoms with Crippen LogP contribution in [0.2, 0.25) is 0 Å². The van der Waals surface area contributed by atoms with E-state index in [0.717, 1.165) is 18.3 Å². The summed E-state index contributed by atoms with van der Waals surface area (Å²) in [5, 5.41) is 3.46. The Labute approximate surface area is 77.7 Å². The zero-order valence-corrected chi connectivity index (χ0v) is 7.79. The molecule has 1 N–H and O–H groups in total. The molecule has 0 aromatic carbocycles. The van der Waals surface area contributed by atoms with Gasteiger partial charge in [0.2, 0.25) is 5.88 Å². The molecular formula is C10H14N2O. The minimum Gasteiger partial charge on any atom is -0.447 e. The Morgan fingerprint density at radius 2 is 2.38 bits per heavy atom. The highest BCUT2D eigenvalue weighted by molar-refractivity contribution is 5.66. The van der Waals surface area contributed by atoms with Crippen molar-refractivity contribution < 1.29 is 4.42 Å². The van der Waals surface area contributed by atoms with E-state index < -0.39 is 0 Å². The number of hydrogen-bond donors (Lipinski definition) is 1. The third-order valence-electron chi connectivity index (χ3n) is 3.03. The van der Waals surface area contributed by atoms with Gasteiger partial charge in [-0.15, -0.1) is 0 Å². The van der Waals surface area contributed by atoms with Crippen molar-refractivity contribution in [3.63, 3.8) is 0 Å². The SMILES string of the molecule is CN1CC(C2CC2)Nc2occc21. The van der Waals surface area contributed by atoms with Gasteiger partial charge in [0.05, 0.1) is 6.26 Å². The van der Waals surface area contributed by atoms with Crippen molar-refractivity contribution >= 4 is 11.6 Å². The highest BCUT2D eigenvalue weighted by atomic mass is 16.3. The Morgan fingerprint density at radius 1 is 1.54 bits per heavy atom. The lowest BCUT2D eigenvalue weighted by molar-refractivity contribution is 0.533. The van der Waals surface area contributed by atoms with E-state index in [4.69, 9.17) is 4.42 Å². The largest absolute Gasteiger partial charge is 0.447 e. The highest BCUT2D eigenvalue weighted by Crippen LogP contribution is 2.39. The number of nitrogens with zero attached hydrogens (tertiary/aromatic N) is 1. The van der Waals surface area contributed by atoms with Crippen molar-refractivity contribution in [1.82, 2.24) is 0 Å². The van der Waals surface area contributed by atoms with Crippen LogP contribution in [0, 0.1) is 5.92 Å². The van der Waals surface area contributed by atoms with Crippen LogP contribution in [0.15, 0.2) is 16.7 Å². The maximum atomic E-state index is 5.38. The molecule has 1 aliphatic carbocycles. The third kappa shape index (κ3) is 1.10. The van der Waals surface area contributed by atoms with E-state index in [0.29, 0.717) is 6.04 Å². The van der Waals surface area contributed by atoms with Gasteiger partial charge in [0.25, 0.3) is 0 Å². The quantitative estimate of drug-likeness (QED) is 0.712. The van der Waals surface area contributed by atoms with Crippen LogP contribution in [0.4, 0.5) is 11.6 Å². The average Bonchev–Trinajstić information content (AvgIpc) is 2.85. The van der Waals surface area contributed by atoms with Gasteiger partial charge < -0.3 is 14.6 Å². The molecule has 0 spiro atoms. The van der Waals surface area contributed by atoms with E-state index in [-0.39, 0.29) is 0 Å². The van der Waals surface area contributed by atoms with Crippen LogP contribution in [0.1, 0.15) is 12.8 Å². The molecule has 1 unspecified atom stereocenters. The molecule has 2 aliphatic rings. The molecular weight excluding hydrogens is 164 g/mol. The molecule has 0 radical (unpaired) electrons. The molecule has 3 nitrogen and oxygen atoms in total. The first kappa shape index (κ1) is 7.30. The van der Waals surface area contributed by atoms with E-state index >= 15 is 0 Å². The Bertz CT molecular complexity index is 316. The standard InChI is InChI=1S/C10H14N2O/c1-12-6-8(7-2-3-7)11-10-9(12)4-5-13-10/h4-5,7-8,11H,2-3,6H2,1H3. The molecule has 0 bridgehead atoms. The molecule has 1 saturated carbocycles. The van der Waals surface area contributed by atoms with Crippen LogP contribution in [0.3, 0.4) is 0 Å². The fourth-order valence-corrected chi connectivity index (χ4v) is 2.08. The highest BCUT2D eigenvalue weighted by Gasteiger charge is 2.35. The number of fused-ring (bicyclic) bond motifs is 1. The molecule has 3 rings (SSSR count). The molecule has 1 aromatic rings. The minimum absolute atomic E-state index is 0.601. The summed E-state index contributed by atoms with van der Waals surface area (Å²) in [7, 11) is 2.13. The lowest BCUT2D eigenvalue weighted by atomic mass is 10.1. The molecule has 1 aromatic heterocycles. The smallest absolute Gasteiger partial charge is 0.216 e. The minimum atomic E-state index is 0.601. The van der Waals surface area contributed by atoms with Gasteiger partial charge in [-0.2, -0.15) is 0 Å². The predicted octanol–water partition coefficient (Wildman–Crippen LogP) is 1.92. The Balaban J connectivity index is 1.88. The first-order valence-electron chi connectivity index (χ1n) is 4.90. The Hall–Kier alpha value is -1.12. The van der Waals surface area contributed by atoms with Crippen molar-refractivity contribution in [2.24, 2.45) is 5.92 Å². The van der Waals surface area contributed by atoms with Gasteiger partial charge >= 0.3 is 0 Å². The second-order valence-corrected chi connectivity index (χ2v) is 4.10. The predicted molar refractivity (Wildman–Crippen MR) is 52.1 cm³/mol. The van der Waals surface area contributed by atoms with E-state index in [9.17, 15) is 0 Å². The molecule has 2 heterocycles. The number of anilines is 2. The third-order valence-corrected chi connectivity index (χ3v) is 3.03. The number of furan rings is 1. The molecule has 1 aliphatic heterocycles. The Morgan fingerprint density at radius 3 is 3.15 bits per heavy atom. The monoisotopic (exact) mass is 178 g/mol. The van der Waals surface area contributed by atoms with Crippen molar-refractivity contribution in [3.05, 3.63) is 12.3 Å². The lowest BCUT2D eigenvalue weighted by Gasteiger charge is -2.31. The average molecular weight is 178 g/mol. The van der Waals surface area contributed by atoms with Crippen molar-refractivity contribution in [2.75, 3.05) is 23.8 Å². The topological polar surface area (TPSA) is 28.4 Å². The summed E-state index contributed by atoms with van der Waals surface area (Å²) < 4.78 is 5.38. The van der Waals surface area contributed by atoms with E-state index in [1.54, 1.807) is 6.26 Å². The zero-order valence-electron chi connectivity index (χ0n) is 7.79. The van der Waals surface area contributed by atoms with Gasteiger partial charge in [0, 0.05) is 25.7 Å². The summed E-state index contributed by atoms with van der Waals surface area (Å²) in [5.74, 6) is 1.83. The molecule has 1 fully saturated rings. The van der Waals surface area contributed by atoms with Gasteiger partial charge in [-0.3, -0.25) is 0 Å². The Kier molecular flexibility index (Phi) is 1.37. The molecule has 3 heteroatoms. The van der Waals surface area contributed by atoms with Crippen LogP contribution in [-0.2, 0) is 0 Å². The maximum Gasteiger partial charge on any atom is 0.216 e. The van der Waals surface area contributed by atoms with Gasteiger partial charge in [-0.1, -0.05) is 0 Å². The van der Waals surface area contributed by atoms with Crippen molar-refractivity contribution in [1.29, 1.82) is 0 Å². The number of hydrogen-bond acceptors (Lipinski definition) is 3. The number of nitrogens with one attached hydrogen (secondary N) is 1. The summed E-state index contributed by atoms with van der Waals surface area (Å²) in [6, 6.07) is 2.62. The summed E-state index contributed by atoms with van der Waals surface area (Å²) in [6.45, 7) is 1.11. The van der Waals surface area contributed by atoms with Crippen molar-refractivity contribution in [3.8, 4) is 0 Å². The maximum absolute atomic E-state index is 5.38. The van der Waals surface area contributed by atoms with Gasteiger partial charge in [-0.05, 0) is 18.8 Å². The first-order valence-corrected chi connectivity index (χ1v) is 4.90. The second-order valence-electron chi connectivity index (χ2n) is 4.10. The molecule has 70 valence electrons. The van der Waals surface area contributed by atoms with E-state index in [2.05, 4.69) is 17.3 Å². The van der Waals surface area contributed by atoms with Gasteiger partial charge in [0.15, 0.2) is 0 Å². The summed E-state index contributed by atoms with van der Waals surface area (Å²) in [6.07, 6.45) is 4.51. The molecule has 0 amide bonds. The zero-order chi connectivity index (χ0) is 8.84. The number of likely N-dealkylation sites (N-methyl/N-ethyl adjacent to an activating group) is 1. The second kappa shape index (κ2) is 2.44. The van der Waals surface area contributed by atoms with Crippen LogP contribution >= 0.6 is 0 Å². The van der Waals surface area contributed by atoms with E-state index in [1.807, 2.05) is 6.07 Å². The van der Waals surface area contributed by atoms with Gasteiger partial charge in [0.1, 0.15) is 5.69 Å². The van der Waals surface area contributed by atoms with Crippen LogP contribution in [0.25, 0.3) is 0 Å². The summed E-state index contributed by atoms with van der Waals surface area (Å²) >= 11 is 0. The van der Waals surface area contributed by atoms with Crippen LogP contribution in [-0.4, -0.2) is 19.6 Å². The van der Waals surface area contributed by atoms with E-state index in [1.165, 1.54) is 18.5 Å². The molecule has 13 heavy (non-hydrogen) atoms. The summed E-state index contributed by atoms with van der Waals surface area (Å²) in [5.41, 5.74) is 1.19. The summed E-state index contributed by atoms with van der Waals surface area (Å²) in [4.78, 5) is 2.28.